The Morgan fingerprint density at radius 2 is 1.78 bits per heavy atom. The lowest BCUT2D eigenvalue weighted by molar-refractivity contribution is 0.880. The summed E-state index contributed by atoms with van der Waals surface area (Å²) in [7, 11) is 0. The molecule has 0 aromatic heterocycles. The molecule has 0 bridgehead atoms. The van der Waals surface area contributed by atoms with Crippen LogP contribution >= 0.6 is 15.9 Å². The van der Waals surface area contributed by atoms with E-state index in [-0.39, 0.29) is 0 Å². The minimum atomic E-state index is 0.304. The minimum absolute atomic E-state index is 0.304. The molecule has 1 atom stereocenters. The number of anilines is 1. The fraction of sp³-hybridized carbons (Fsp3) is 0.250. The van der Waals surface area contributed by atoms with Crippen LogP contribution in [0.5, 0.6) is 0 Å². The molecule has 0 aliphatic carbocycles. The number of nitrogens with one attached hydrogen (secondary N) is 1. The summed E-state index contributed by atoms with van der Waals surface area (Å²) in [5.74, 6) is 0. The van der Waals surface area contributed by atoms with Crippen LogP contribution < -0.4 is 5.32 Å². The third-order valence-corrected chi connectivity index (χ3v) is 4.04. The van der Waals surface area contributed by atoms with E-state index in [2.05, 4.69) is 84.5 Å². The van der Waals surface area contributed by atoms with Gasteiger partial charge in [-0.25, -0.2) is 0 Å². The molecule has 2 rings (SSSR count). The van der Waals surface area contributed by atoms with Crippen LogP contribution in [0.25, 0.3) is 0 Å². The molecule has 0 saturated heterocycles. The Balaban J connectivity index is 2.21. The summed E-state index contributed by atoms with van der Waals surface area (Å²) in [6.07, 6.45) is 0. The van der Waals surface area contributed by atoms with Gasteiger partial charge in [-0.2, -0.15) is 0 Å². The summed E-state index contributed by atoms with van der Waals surface area (Å²) in [6.45, 7) is 6.44. The van der Waals surface area contributed by atoms with Gasteiger partial charge in [-0.15, -0.1) is 0 Å². The van der Waals surface area contributed by atoms with Crippen molar-refractivity contribution in [2.24, 2.45) is 0 Å². The summed E-state index contributed by atoms with van der Waals surface area (Å²) in [5.41, 5.74) is 5.04. The van der Waals surface area contributed by atoms with Crippen molar-refractivity contribution >= 4 is 21.6 Å². The lowest BCUT2D eigenvalue weighted by Gasteiger charge is -2.18. The predicted octanol–water partition coefficient (Wildman–Crippen LogP) is 5.24. The molecule has 2 heteroatoms. The van der Waals surface area contributed by atoms with Gasteiger partial charge in [0.2, 0.25) is 0 Å². The minimum Gasteiger partial charge on any atom is -0.378 e. The van der Waals surface area contributed by atoms with Crippen molar-refractivity contribution in [3.05, 3.63) is 63.6 Å². The van der Waals surface area contributed by atoms with Crippen molar-refractivity contribution in [3.8, 4) is 0 Å². The zero-order valence-electron chi connectivity index (χ0n) is 11.0. The van der Waals surface area contributed by atoms with Crippen LogP contribution in [0, 0.1) is 13.8 Å². The van der Waals surface area contributed by atoms with Crippen molar-refractivity contribution in [2.45, 2.75) is 26.8 Å². The summed E-state index contributed by atoms with van der Waals surface area (Å²) < 4.78 is 1.14. The SMILES string of the molecule is Cc1cccc(C(C)Nc2cccc(Br)c2C)c1. The number of hydrogen-bond acceptors (Lipinski definition) is 1. The van der Waals surface area contributed by atoms with Gasteiger partial charge >= 0.3 is 0 Å². The van der Waals surface area contributed by atoms with Gasteiger partial charge < -0.3 is 5.32 Å². The van der Waals surface area contributed by atoms with Crippen LogP contribution in [0.2, 0.25) is 0 Å². The second-order valence-electron chi connectivity index (χ2n) is 4.69. The molecule has 94 valence electrons. The highest BCUT2D eigenvalue weighted by Gasteiger charge is 2.08. The average molecular weight is 304 g/mol. The van der Waals surface area contributed by atoms with E-state index in [1.165, 1.54) is 22.4 Å². The van der Waals surface area contributed by atoms with E-state index in [0.29, 0.717) is 6.04 Å². The Kier molecular flexibility index (Phi) is 4.07. The van der Waals surface area contributed by atoms with Crippen molar-refractivity contribution in [2.75, 3.05) is 5.32 Å². The quantitative estimate of drug-likeness (QED) is 0.817. The summed E-state index contributed by atoms with van der Waals surface area (Å²) in [5, 5.41) is 3.56. The van der Waals surface area contributed by atoms with Crippen LogP contribution in [0.15, 0.2) is 46.9 Å². The second kappa shape index (κ2) is 5.57. The lowest BCUT2D eigenvalue weighted by Crippen LogP contribution is -2.07. The van der Waals surface area contributed by atoms with E-state index in [1.807, 2.05) is 0 Å². The first-order chi connectivity index (χ1) is 8.58. The first-order valence-corrected chi connectivity index (χ1v) is 6.95. The second-order valence-corrected chi connectivity index (χ2v) is 5.55. The molecule has 1 nitrogen and oxygen atoms in total. The molecular formula is C16H18BrN. The van der Waals surface area contributed by atoms with Crippen LogP contribution in [0.1, 0.15) is 29.7 Å². The molecule has 1 N–H and O–H groups in total. The predicted molar refractivity (Wildman–Crippen MR) is 82.1 cm³/mol. The summed E-state index contributed by atoms with van der Waals surface area (Å²) in [4.78, 5) is 0. The average Bonchev–Trinajstić information content (AvgIpc) is 2.35. The molecule has 0 saturated carbocycles. The highest BCUT2D eigenvalue weighted by molar-refractivity contribution is 9.10. The molecule has 0 aliphatic rings. The van der Waals surface area contributed by atoms with E-state index in [1.54, 1.807) is 0 Å². The molecular weight excluding hydrogens is 286 g/mol. The number of aryl methyl sites for hydroxylation is 1. The van der Waals surface area contributed by atoms with Crippen LogP contribution in [-0.4, -0.2) is 0 Å². The van der Waals surface area contributed by atoms with Crippen molar-refractivity contribution in [1.29, 1.82) is 0 Å². The van der Waals surface area contributed by atoms with Crippen LogP contribution in [0.4, 0.5) is 5.69 Å². The molecule has 0 heterocycles. The standard InChI is InChI=1S/C16H18BrN/c1-11-6-4-7-14(10-11)13(3)18-16-9-5-8-15(17)12(16)2/h4-10,13,18H,1-3H3. The monoisotopic (exact) mass is 303 g/mol. The topological polar surface area (TPSA) is 12.0 Å². The Morgan fingerprint density at radius 3 is 2.50 bits per heavy atom. The Hall–Kier alpha value is -1.28. The number of benzene rings is 2. The van der Waals surface area contributed by atoms with Crippen LogP contribution in [-0.2, 0) is 0 Å². The third kappa shape index (κ3) is 2.94. The fourth-order valence-corrected chi connectivity index (χ4v) is 2.39. The Labute approximate surface area is 117 Å². The molecule has 0 radical (unpaired) electrons. The van der Waals surface area contributed by atoms with E-state index in [0.717, 1.165) is 4.47 Å². The maximum atomic E-state index is 3.56. The van der Waals surface area contributed by atoms with Gasteiger partial charge in [0.15, 0.2) is 0 Å². The molecule has 0 amide bonds. The van der Waals surface area contributed by atoms with Crippen molar-refractivity contribution in [3.63, 3.8) is 0 Å². The van der Waals surface area contributed by atoms with Crippen molar-refractivity contribution < 1.29 is 0 Å². The largest absolute Gasteiger partial charge is 0.378 e. The lowest BCUT2D eigenvalue weighted by atomic mass is 10.0. The zero-order chi connectivity index (χ0) is 13.1. The van der Waals surface area contributed by atoms with Crippen LogP contribution in [0.3, 0.4) is 0 Å². The molecule has 0 aliphatic heterocycles. The maximum absolute atomic E-state index is 3.56. The van der Waals surface area contributed by atoms with E-state index < -0.39 is 0 Å². The molecule has 2 aromatic rings. The van der Waals surface area contributed by atoms with Gasteiger partial charge in [0.05, 0.1) is 0 Å². The fourth-order valence-electron chi connectivity index (χ4n) is 2.02. The Morgan fingerprint density at radius 1 is 1.06 bits per heavy atom. The van der Waals surface area contributed by atoms with Gasteiger partial charge in [0.25, 0.3) is 0 Å². The normalized spacial score (nSPS) is 12.2. The van der Waals surface area contributed by atoms with Gasteiger partial charge in [-0.1, -0.05) is 51.8 Å². The number of halogens is 1. The van der Waals surface area contributed by atoms with Gasteiger partial charge in [-0.3, -0.25) is 0 Å². The molecule has 1 unspecified atom stereocenters. The van der Waals surface area contributed by atoms with E-state index in [9.17, 15) is 0 Å². The molecule has 0 spiro atoms. The van der Waals surface area contributed by atoms with Crippen molar-refractivity contribution in [1.82, 2.24) is 0 Å². The first-order valence-electron chi connectivity index (χ1n) is 6.16. The zero-order valence-corrected chi connectivity index (χ0v) is 12.6. The van der Waals surface area contributed by atoms with E-state index >= 15 is 0 Å². The third-order valence-electron chi connectivity index (χ3n) is 3.18. The summed E-state index contributed by atoms with van der Waals surface area (Å²) >= 11 is 3.56. The van der Waals surface area contributed by atoms with Gasteiger partial charge in [0.1, 0.15) is 0 Å². The maximum Gasteiger partial charge on any atom is 0.0485 e. The highest BCUT2D eigenvalue weighted by atomic mass is 79.9. The molecule has 0 fully saturated rings. The molecule has 18 heavy (non-hydrogen) atoms. The number of hydrogen-bond donors (Lipinski definition) is 1. The summed E-state index contributed by atoms with van der Waals surface area (Å²) in [6, 6.07) is 15.2. The molecule has 2 aromatic carbocycles. The number of rotatable bonds is 3. The van der Waals surface area contributed by atoms with Gasteiger partial charge in [-0.05, 0) is 44.0 Å². The highest BCUT2D eigenvalue weighted by Crippen LogP contribution is 2.27. The Bertz CT molecular complexity index is 549. The van der Waals surface area contributed by atoms with Gasteiger partial charge in [0, 0.05) is 16.2 Å². The first kappa shape index (κ1) is 13.2. The smallest absolute Gasteiger partial charge is 0.0485 e. The van der Waals surface area contributed by atoms with E-state index in [4.69, 9.17) is 0 Å².